The maximum Gasteiger partial charge on any atom is 0.177 e. The number of imidazole rings is 1. The van der Waals surface area contributed by atoms with Crippen LogP contribution in [0.15, 0.2) is 11.1 Å². The molecule has 0 amide bonds. The Morgan fingerprint density at radius 1 is 1.42 bits per heavy atom. The summed E-state index contributed by atoms with van der Waals surface area (Å²) in [6.07, 6.45) is 5.66. The fourth-order valence-corrected chi connectivity index (χ4v) is 1.00. The number of allylic oxidation sites excluding steroid dienone is 1. The molecule has 3 heteroatoms. The second kappa shape index (κ2) is 3.85. The number of aryl methyl sites for hydroxylation is 1. The number of hydrogen-bond acceptors (Lipinski definition) is 2. The van der Waals surface area contributed by atoms with Crippen molar-refractivity contribution in [2.75, 3.05) is 0 Å². The molecule has 1 rings (SSSR count). The van der Waals surface area contributed by atoms with Crippen molar-refractivity contribution in [2.45, 2.75) is 20.8 Å². The first-order valence-electron chi connectivity index (χ1n) is 3.96. The van der Waals surface area contributed by atoms with Crippen LogP contribution in [-0.4, -0.2) is 16.2 Å². The van der Waals surface area contributed by atoms with Crippen LogP contribution in [0.3, 0.4) is 0 Å². The standard InChI is InChI=1S/C9H13N3/c1-4-6-8-9(10-5-2)12-7(3)11-8/h4-6H,1-3H3,(H,11,12)/b6-4-,10-5?. The quantitative estimate of drug-likeness (QED) is 0.668. The molecule has 64 valence electrons. The van der Waals surface area contributed by atoms with Gasteiger partial charge in [-0.25, -0.2) is 9.98 Å². The van der Waals surface area contributed by atoms with Crippen LogP contribution in [0.4, 0.5) is 5.82 Å². The summed E-state index contributed by atoms with van der Waals surface area (Å²) in [4.78, 5) is 11.5. The van der Waals surface area contributed by atoms with Crippen molar-refractivity contribution < 1.29 is 0 Å². The van der Waals surface area contributed by atoms with Crippen molar-refractivity contribution in [3.63, 3.8) is 0 Å². The van der Waals surface area contributed by atoms with E-state index in [9.17, 15) is 0 Å². The summed E-state index contributed by atoms with van der Waals surface area (Å²) in [5, 5.41) is 0. The first-order valence-corrected chi connectivity index (χ1v) is 3.96. The molecule has 1 N–H and O–H groups in total. The topological polar surface area (TPSA) is 41.0 Å². The molecule has 0 unspecified atom stereocenters. The van der Waals surface area contributed by atoms with Gasteiger partial charge in [0.05, 0.1) is 5.69 Å². The fourth-order valence-electron chi connectivity index (χ4n) is 1.00. The summed E-state index contributed by atoms with van der Waals surface area (Å²) < 4.78 is 0. The zero-order chi connectivity index (χ0) is 8.97. The second-order valence-corrected chi connectivity index (χ2v) is 2.45. The van der Waals surface area contributed by atoms with Gasteiger partial charge in [-0.05, 0) is 26.8 Å². The van der Waals surface area contributed by atoms with Gasteiger partial charge in [0.25, 0.3) is 0 Å². The number of nitrogens with one attached hydrogen (secondary N) is 1. The van der Waals surface area contributed by atoms with Crippen LogP contribution in [0.25, 0.3) is 6.08 Å². The van der Waals surface area contributed by atoms with Crippen LogP contribution in [0, 0.1) is 6.92 Å². The van der Waals surface area contributed by atoms with Gasteiger partial charge in [-0.1, -0.05) is 6.08 Å². The minimum Gasteiger partial charge on any atom is -0.341 e. The normalized spacial score (nSPS) is 11.9. The Balaban J connectivity index is 3.07. The molecule has 0 aliphatic rings. The summed E-state index contributed by atoms with van der Waals surface area (Å²) >= 11 is 0. The predicted octanol–water partition coefficient (Wildman–Crippen LogP) is 2.47. The van der Waals surface area contributed by atoms with E-state index in [4.69, 9.17) is 0 Å². The molecular formula is C9H13N3. The smallest absolute Gasteiger partial charge is 0.177 e. The lowest BCUT2D eigenvalue weighted by Crippen LogP contribution is -1.71. The van der Waals surface area contributed by atoms with E-state index >= 15 is 0 Å². The maximum absolute atomic E-state index is 4.21. The van der Waals surface area contributed by atoms with E-state index in [0.29, 0.717) is 0 Å². The number of aliphatic imine (C=N–C) groups is 1. The summed E-state index contributed by atoms with van der Waals surface area (Å²) in [7, 11) is 0. The average molecular weight is 163 g/mol. The van der Waals surface area contributed by atoms with Crippen LogP contribution in [-0.2, 0) is 0 Å². The summed E-state index contributed by atoms with van der Waals surface area (Å²) in [6, 6.07) is 0. The lowest BCUT2D eigenvalue weighted by molar-refractivity contribution is 1.14. The first kappa shape index (κ1) is 8.71. The Morgan fingerprint density at radius 3 is 2.75 bits per heavy atom. The minimum atomic E-state index is 0.758. The number of H-pyrrole nitrogens is 1. The Labute approximate surface area is 72.3 Å². The fraction of sp³-hybridized carbons (Fsp3) is 0.333. The molecule has 1 aromatic heterocycles. The lowest BCUT2D eigenvalue weighted by atomic mass is 10.4. The van der Waals surface area contributed by atoms with Crippen molar-refractivity contribution in [1.82, 2.24) is 9.97 Å². The van der Waals surface area contributed by atoms with Crippen molar-refractivity contribution >= 4 is 18.1 Å². The van der Waals surface area contributed by atoms with Gasteiger partial charge in [0, 0.05) is 6.21 Å². The van der Waals surface area contributed by atoms with E-state index in [1.54, 1.807) is 6.21 Å². The predicted molar refractivity (Wildman–Crippen MR) is 51.9 cm³/mol. The largest absolute Gasteiger partial charge is 0.341 e. The maximum atomic E-state index is 4.21. The molecule has 0 spiro atoms. The van der Waals surface area contributed by atoms with E-state index < -0.39 is 0 Å². The minimum absolute atomic E-state index is 0.758. The summed E-state index contributed by atoms with van der Waals surface area (Å²) in [5.41, 5.74) is 0.966. The molecule has 0 fully saturated rings. The first-order chi connectivity index (χ1) is 5.77. The Bertz CT molecular complexity index is 278. The van der Waals surface area contributed by atoms with Crippen LogP contribution in [0.2, 0.25) is 0 Å². The van der Waals surface area contributed by atoms with Gasteiger partial charge >= 0.3 is 0 Å². The lowest BCUT2D eigenvalue weighted by Gasteiger charge is -1.86. The Kier molecular flexibility index (Phi) is 2.80. The zero-order valence-electron chi connectivity index (χ0n) is 7.63. The molecule has 0 atom stereocenters. The number of nitrogens with zero attached hydrogens (tertiary/aromatic N) is 2. The van der Waals surface area contributed by atoms with Crippen LogP contribution in [0.5, 0.6) is 0 Å². The third-order valence-corrected chi connectivity index (χ3v) is 1.41. The third kappa shape index (κ3) is 1.81. The monoisotopic (exact) mass is 163 g/mol. The highest BCUT2D eigenvalue weighted by Gasteiger charge is 2.01. The zero-order valence-corrected chi connectivity index (χ0v) is 7.63. The second-order valence-electron chi connectivity index (χ2n) is 2.45. The van der Waals surface area contributed by atoms with Crippen LogP contribution < -0.4 is 0 Å². The van der Waals surface area contributed by atoms with Gasteiger partial charge in [0.1, 0.15) is 5.82 Å². The van der Waals surface area contributed by atoms with Gasteiger partial charge in [0.15, 0.2) is 5.82 Å². The number of rotatable bonds is 2. The molecule has 12 heavy (non-hydrogen) atoms. The third-order valence-electron chi connectivity index (χ3n) is 1.41. The Hall–Kier alpha value is -1.38. The van der Waals surface area contributed by atoms with Crippen molar-refractivity contribution in [3.8, 4) is 0 Å². The number of aromatic amines is 1. The van der Waals surface area contributed by atoms with Gasteiger partial charge < -0.3 is 4.98 Å². The van der Waals surface area contributed by atoms with Crippen LogP contribution >= 0.6 is 0 Å². The van der Waals surface area contributed by atoms with Gasteiger partial charge in [-0.3, -0.25) is 0 Å². The molecule has 0 radical (unpaired) electrons. The van der Waals surface area contributed by atoms with Crippen molar-refractivity contribution in [2.24, 2.45) is 4.99 Å². The highest BCUT2D eigenvalue weighted by molar-refractivity contribution is 5.65. The van der Waals surface area contributed by atoms with E-state index in [1.807, 2.05) is 32.9 Å². The van der Waals surface area contributed by atoms with Crippen molar-refractivity contribution in [3.05, 3.63) is 17.6 Å². The SMILES string of the molecule is CC=Nc1nc(C)[nH]c1/C=C\C. The highest BCUT2D eigenvalue weighted by atomic mass is 15.0. The number of hydrogen-bond donors (Lipinski definition) is 1. The number of aromatic nitrogens is 2. The summed E-state index contributed by atoms with van der Waals surface area (Å²) in [6.45, 7) is 5.76. The van der Waals surface area contributed by atoms with Gasteiger partial charge in [0.2, 0.25) is 0 Å². The van der Waals surface area contributed by atoms with E-state index in [1.165, 1.54) is 0 Å². The molecule has 1 heterocycles. The van der Waals surface area contributed by atoms with E-state index in [-0.39, 0.29) is 0 Å². The summed E-state index contributed by atoms with van der Waals surface area (Å²) in [5.74, 6) is 1.65. The molecule has 0 bridgehead atoms. The molecule has 0 saturated carbocycles. The van der Waals surface area contributed by atoms with Gasteiger partial charge in [-0.2, -0.15) is 0 Å². The molecule has 0 aliphatic heterocycles. The van der Waals surface area contributed by atoms with E-state index in [2.05, 4.69) is 15.0 Å². The van der Waals surface area contributed by atoms with Crippen molar-refractivity contribution in [1.29, 1.82) is 0 Å². The molecule has 0 saturated heterocycles. The molecular weight excluding hydrogens is 150 g/mol. The molecule has 3 nitrogen and oxygen atoms in total. The van der Waals surface area contributed by atoms with E-state index in [0.717, 1.165) is 17.3 Å². The average Bonchev–Trinajstić information content (AvgIpc) is 2.33. The van der Waals surface area contributed by atoms with Gasteiger partial charge in [-0.15, -0.1) is 0 Å². The highest BCUT2D eigenvalue weighted by Crippen LogP contribution is 2.16. The molecule has 0 aromatic carbocycles. The van der Waals surface area contributed by atoms with Crippen LogP contribution in [0.1, 0.15) is 25.4 Å². The Morgan fingerprint density at radius 2 is 2.17 bits per heavy atom. The molecule has 0 aliphatic carbocycles. The molecule has 1 aromatic rings.